The third-order valence-electron chi connectivity index (χ3n) is 3.29. The first-order valence-corrected chi connectivity index (χ1v) is 6.54. The first-order valence-electron chi connectivity index (χ1n) is 6.54. The maximum atomic E-state index is 4.37. The summed E-state index contributed by atoms with van der Waals surface area (Å²) in [5, 5.41) is 7.93. The number of nitrogens with zero attached hydrogens (tertiary/aromatic N) is 3. The van der Waals surface area contributed by atoms with Crippen LogP contribution in [0.15, 0.2) is 6.20 Å². The molecule has 1 N–H and O–H groups in total. The Labute approximate surface area is 105 Å². The number of hydrogen-bond acceptors (Lipinski definition) is 3. The lowest BCUT2D eigenvalue weighted by Crippen LogP contribution is -2.33. The van der Waals surface area contributed by atoms with Crippen LogP contribution in [-0.2, 0) is 7.05 Å². The number of rotatable bonds is 7. The van der Waals surface area contributed by atoms with Gasteiger partial charge in [-0.05, 0) is 26.9 Å². The van der Waals surface area contributed by atoms with Gasteiger partial charge in [-0.25, -0.2) is 0 Å². The lowest BCUT2D eigenvalue weighted by Gasteiger charge is -2.20. The fraction of sp³-hybridized carbons (Fsp3) is 0.769. The van der Waals surface area contributed by atoms with E-state index in [-0.39, 0.29) is 0 Å². The van der Waals surface area contributed by atoms with Crippen molar-refractivity contribution in [3.63, 3.8) is 0 Å². The number of hydrogen-bond donors (Lipinski definition) is 1. The number of likely N-dealkylation sites (N-methyl/N-ethyl adjacent to an activating group) is 1. The van der Waals surface area contributed by atoms with Crippen molar-refractivity contribution in [2.75, 3.05) is 26.2 Å². The van der Waals surface area contributed by atoms with Crippen molar-refractivity contribution >= 4 is 0 Å². The summed E-state index contributed by atoms with van der Waals surface area (Å²) in [5.74, 6) is 0. The number of nitrogens with one attached hydrogen (secondary N) is 1. The summed E-state index contributed by atoms with van der Waals surface area (Å²) in [6.07, 6.45) is 2.10. The van der Waals surface area contributed by atoms with E-state index in [9.17, 15) is 0 Å². The Morgan fingerprint density at radius 3 is 2.53 bits per heavy atom. The number of aromatic nitrogens is 2. The van der Waals surface area contributed by atoms with Crippen molar-refractivity contribution in [1.82, 2.24) is 20.0 Å². The first kappa shape index (κ1) is 14.2. The van der Waals surface area contributed by atoms with Crippen molar-refractivity contribution in [2.24, 2.45) is 7.05 Å². The van der Waals surface area contributed by atoms with Crippen LogP contribution in [-0.4, -0.2) is 40.9 Å². The van der Waals surface area contributed by atoms with Crippen LogP contribution in [0.4, 0.5) is 0 Å². The average Bonchev–Trinajstić information content (AvgIpc) is 2.64. The molecule has 4 heteroatoms. The summed E-state index contributed by atoms with van der Waals surface area (Å²) in [7, 11) is 1.97. The van der Waals surface area contributed by atoms with Crippen molar-refractivity contribution in [1.29, 1.82) is 0 Å². The minimum Gasteiger partial charge on any atom is -0.309 e. The van der Waals surface area contributed by atoms with E-state index >= 15 is 0 Å². The smallest absolute Gasteiger partial charge is 0.0641 e. The second-order valence-electron chi connectivity index (χ2n) is 4.55. The van der Waals surface area contributed by atoms with Gasteiger partial charge < -0.3 is 10.2 Å². The average molecular weight is 238 g/mol. The molecule has 0 spiro atoms. The summed E-state index contributed by atoms with van der Waals surface area (Å²) in [5.41, 5.74) is 2.42. The highest BCUT2D eigenvalue weighted by molar-refractivity contribution is 5.19. The van der Waals surface area contributed by atoms with Gasteiger partial charge in [0, 0.05) is 37.9 Å². The van der Waals surface area contributed by atoms with E-state index < -0.39 is 0 Å². The van der Waals surface area contributed by atoms with Gasteiger partial charge in [0.1, 0.15) is 0 Å². The zero-order valence-corrected chi connectivity index (χ0v) is 11.8. The van der Waals surface area contributed by atoms with Crippen molar-refractivity contribution in [3.05, 3.63) is 17.5 Å². The summed E-state index contributed by atoms with van der Waals surface area (Å²) >= 11 is 0. The molecule has 1 aromatic heterocycles. The first-order chi connectivity index (χ1) is 8.08. The Kier molecular flexibility index (Phi) is 5.65. The molecule has 4 nitrogen and oxygen atoms in total. The molecule has 0 aromatic carbocycles. The minimum atomic E-state index is 0.374. The van der Waals surface area contributed by atoms with Crippen LogP contribution in [0.1, 0.15) is 38.1 Å². The molecule has 1 heterocycles. The Morgan fingerprint density at radius 2 is 2.06 bits per heavy atom. The van der Waals surface area contributed by atoms with Gasteiger partial charge in [0.05, 0.1) is 5.69 Å². The van der Waals surface area contributed by atoms with Crippen LogP contribution in [0.5, 0.6) is 0 Å². The van der Waals surface area contributed by atoms with Crippen LogP contribution in [0.2, 0.25) is 0 Å². The molecule has 0 saturated heterocycles. The topological polar surface area (TPSA) is 33.1 Å². The minimum absolute atomic E-state index is 0.374. The van der Waals surface area contributed by atoms with Gasteiger partial charge in [0.25, 0.3) is 0 Å². The van der Waals surface area contributed by atoms with Crippen LogP contribution in [0.3, 0.4) is 0 Å². The summed E-state index contributed by atoms with van der Waals surface area (Å²) in [6, 6.07) is 0.374. The molecular formula is C13H26N4. The molecule has 1 atom stereocenters. The maximum Gasteiger partial charge on any atom is 0.0641 e. The van der Waals surface area contributed by atoms with E-state index in [0.29, 0.717) is 6.04 Å². The van der Waals surface area contributed by atoms with Crippen molar-refractivity contribution in [3.8, 4) is 0 Å². The molecule has 0 aliphatic rings. The Bertz CT molecular complexity index is 328. The second-order valence-corrected chi connectivity index (χ2v) is 4.55. The Balaban J connectivity index is 2.39. The molecule has 0 aliphatic carbocycles. The van der Waals surface area contributed by atoms with Crippen LogP contribution < -0.4 is 5.32 Å². The molecule has 0 bridgehead atoms. The van der Waals surface area contributed by atoms with E-state index in [2.05, 4.69) is 49.2 Å². The monoisotopic (exact) mass is 238 g/mol. The highest BCUT2D eigenvalue weighted by Crippen LogP contribution is 2.14. The Hall–Kier alpha value is -0.870. The van der Waals surface area contributed by atoms with Gasteiger partial charge in [0.2, 0.25) is 0 Å². The zero-order valence-electron chi connectivity index (χ0n) is 11.8. The SMILES string of the molecule is CCN(CC)CCNC(C)c1cn(C)nc1C. The maximum absolute atomic E-state index is 4.37. The standard InChI is InChI=1S/C13H26N4/c1-6-17(7-2)9-8-14-11(3)13-10-16(5)15-12(13)4/h10-11,14H,6-9H2,1-5H3. The molecule has 17 heavy (non-hydrogen) atoms. The van der Waals surface area contributed by atoms with Gasteiger partial charge in [-0.1, -0.05) is 13.8 Å². The molecular weight excluding hydrogens is 212 g/mol. The molecule has 0 radical (unpaired) electrons. The Morgan fingerprint density at radius 1 is 1.41 bits per heavy atom. The molecule has 1 unspecified atom stereocenters. The predicted molar refractivity (Wildman–Crippen MR) is 72.2 cm³/mol. The lowest BCUT2D eigenvalue weighted by atomic mass is 10.1. The number of aryl methyl sites for hydroxylation is 2. The molecule has 0 aliphatic heterocycles. The zero-order chi connectivity index (χ0) is 12.8. The third kappa shape index (κ3) is 4.13. The fourth-order valence-corrected chi connectivity index (χ4v) is 2.13. The molecule has 1 aromatic rings. The van der Waals surface area contributed by atoms with E-state index in [1.807, 2.05) is 11.7 Å². The van der Waals surface area contributed by atoms with E-state index in [1.165, 1.54) is 5.56 Å². The van der Waals surface area contributed by atoms with Gasteiger partial charge >= 0.3 is 0 Å². The molecule has 0 fully saturated rings. The van der Waals surface area contributed by atoms with Crippen molar-refractivity contribution < 1.29 is 0 Å². The van der Waals surface area contributed by atoms with Gasteiger partial charge in [0.15, 0.2) is 0 Å². The van der Waals surface area contributed by atoms with Gasteiger partial charge in [-0.15, -0.1) is 0 Å². The summed E-state index contributed by atoms with van der Waals surface area (Å²) < 4.78 is 1.88. The van der Waals surface area contributed by atoms with E-state index in [1.54, 1.807) is 0 Å². The highest BCUT2D eigenvalue weighted by atomic mass is 15.3. The lowest BCUT2D eigenvalue weighted by molar-refractivity contribution is 0.298. The van der Waals surface area contributed by atoms with Crippen LogP contribution in [0, 0.1) is 6.92 Å². The van der Waals surface area contributed by atoms with Crippen LogP contribution in [0.25, 0.3) is 0 Å². The summed E-state index contributed by atoms with van der Waals surface area (Å²) in [4.78, 5) is 2.43. The van der Waals surface area contributed by atoms with Gasteiger partial charge in [-0.2, -0.15) is 5.10 Å². The predicted octanol–water partition coefficient (Wildman–Crippen LogP) is 1.72. The van der Waals surface area contributed by atoms with E-state index in [0.717, 1.165) is 31.9 Å². The second kappa shape index (κ2) is 6.77. The molecule has 1 rings (SSSR count). The quantitative estimate of drug-likeness (QED) is 0.785. The largest absolute Gasteiger partial charge is 0.309 e. The molecule has 0 amide bonds. The normalized spacial score (nSPS) is 13.3. The summed E-state index contributed by atoms with van der Waals surface area (Å²) in [6.45, 7) is 13.1. The third-order valence-corrected chi connectivity index (χ3v) is 3.29. The van der Waals surface area contributed by atoms with Gasteiger partial charge in [-0.3, -0.25) is 4.68 Å². The molecule has 98 valence electrons. The fourth-order valence-electron chi connectivity index (χ4n) is 2.13. The highest BCUT2D eigenvalue weighted by Gasteiger charge is 2.11. The van der Waals surface area contributed by atoms with E-state index in [4.69, 9.17) is 0 Å². The molecule has 0 saturated carbocycles. The van der Waals surface area contributed by atoms with Crippen molar-refractivity contribution in [2.45, 2.75) is 33.7 Å². The van der Waals surface area contributed by atoms with Crippen LogP contribution >= 0.6 is 0 Å².